The molecule has 48 heavy (non-hydrogen) atoms. The molecule has 2 aromatic carbocycles. The molecule has 0 atom stereocenters. The first kappa shape index (κ1) is 46.9. The SMILES string of the molecule is CCCC(C)(C)C(C)(O)O.CCCCCCCCCCCCCCCCCC(N)=O.O=C(O)c1ccccc1.O=C(O)c1ccccc1. The van der Waals surface area contributed by atoms with Gasteiger partial charge < -0.3 is 26.2 Å². The summed E-state index contributed by atoms with van der Waals surface area (Å²) >= 11 is 0. The molecular weight excluding hydrogens is 606 g/mol. The zero-order valence-corrected chi connectivity index (χ0v) is 30.6. The summed E-state index contributed by atoms with van der Waals surface area (Å²) in [6.07, 6.45) is 22.7. The van der Waals surface area contributed by atoms with E-state index in [2.05, 4.69) is 6.92 Å². The van der Waals surface area contributed by atoms with Gasteiger partial charge in [0.2, 0.25) is 5.91 Å². The molecule has 2 aromatic rings. The van der Waals surface area contributed by atoms with Crippen LogP contribution in [0.3, 0.4) is 0 Å². The number of aliphatic hydroxyl groups is 2. The van der Waals surface area contributed by atoms with Crippen molar-refractivity contribution in [1.82, 2.24) is 0 Å². The van der Waals surface area contributed by atoms with E-state index in [1.807, 2.05) is 20.8 Å². The molecule has 0 aromatic heterocycles. The van der Waals surface area contributed by atoms with E-state index in [1.54, 1.807) is 60.7 Å². The number of hydrogen-bond acceptors (Lipinski definition) is 5. The Labute approximate surface area is 291 Å². The summed E-state index contributed by atoms with van der Waals surface area (Å²) in [5.74, 6) is -3.46. The first-order valence-corrected chi connectivity index (χ1v) is 18.0. The molecule has 274 valence electrons. The summed E-state index contributed by atoms with van der Waals surface area (Å²) in [6, 6.07) is 16.6. The Kier molecular flexibility index (Phi) is 29.2. The number of rotatable bonds is 21. The van der Waals surface area contributed by atoms with Crippen molar-refractivity contribution in [3.63, 3.8) is 0 Å². The summed E-state index contributed by atoms with van der Waals surface area (Å²) in [7, 11) is 0. The number of hydrogen-bond donors (Lipinski definition) is 5. The van der Waals surface area contributed by atoms with Crippen molar-refractivity contribution in [3.05, 3.63) is 71.8 Å². The lowest BCUT2D eigenvalue weighted by atomic mass is 9.80. The second kappa shape index (κ2) is 29.9. The van der Waals surface area contributed by atoms with Gasteiger partial charge in [-0.3, -0.25) is 4.79 Å². The number of primary amides is 1. The van der Waals surface area contributed by atoms with Gasteiger partial charge in [0.05, 0.1) is 11.1 Å². The first-order chi connectivity index (χ1) is 22.7. The monoisotopic (exact) mass is 673 g/mol. The zero-order chi connectivity index (χ0) is 36.7. The highest BCUT2D eigenvalue weighted by Crippen LogP contribution is 2.32. The van der Waals surface area contributed by atoms with Gasteiger partial charge in [-0.1, -0.05) is 160 Å². The molecule has 0 unspecified atom stereocenters. The molecule has 0 spiro atoms. The van der Waals surface area contributed by atoms with Crippen molar-refractivity contribution in [2.45, 2.75) is 156 Å². The Bertz CT molecular complexity index is 1000. The normalized spacial score (nSPS) is 10.7. The van der Waals surface area contributed by atoms with Crippen LogP contribution in [0.4, 0.5) is 0 Å². The van der Waals surface area contributed by atoms with Crippen LogP contribution in [0.2, 0.25) is 0 Å². The number of nitrogens with two attached hydrogens (primary N) is 1. The standard InChI is InChI=1S/C18H37NO.C8H18O2.2C7H6O2/c1-2-3-4-5-6-7-8-9-10-11-12-13-14-15-16-17-18(19)20;1-5-6-7(2,3)8(4,9)10;2*8-7(9)6-4-2-1-3-5-6/h2-17H2,1H3,(H2,19,20);9-10H,5-6H2,1-4H3;2*1-5H,(H,8,9). The quantitative estimate of drug-likeness (QED) is 0.0651. The Balaban J connectivity index is 0. The van der Waals surface area contributed by atoms with Crippen LogP contribution in [0.1, 0.15) is 171 Å². The molecule has 0 aliphatic heterocycles. The third-order valence-electron chi connectivity index (χ3n) is 8.23. The van der Waals surface area contributed by atoms with E-state index in [0.29, 0.717) is 17.5 Å². The molecule has 8 heteroatoms. The third-order valence-corrected chi connectivity index (χ3v) is 8.23. The van der Waals surface area contributed by atoms with E-state index < -0.39 is 23.1 Å². The molecule has 0 saturated heterocycles. The minimum absolute atomic E-state index is 0.153. The van der Waals surface area contributed by atoms with E-state index >= 15 is 0 Å². The number of carbonyl (C=O) groups excluding carboxylic acids is 1. The minimum atomic E-state index is -1.55. The van der Waals surface area contributed by atoms with Gasteiger partial charge in [-0.2, -0.15) is 0 Å². The van der Waals surface area contributed by atoms with Gasteiger partial charge in [-0.05, 0) is 44.0 Å². The highest BCUT2D eigenvalue weighted by molar-refractivity contribution is 5.87. The van der Waals surface area contributed by atoms with Crippen molar-refractivity contribution in [2.75, 3.05) is 0 Å². The summed E-state index contributed by atoms with van der Waals surface area (Å²) in [5.41, 5.74) is 5.37. The largest absolute Gasteiger partial charge is 0.478 e. The first-order valence-electron chi connectivity index (χ1n) is 18.0. The molecule has 1 amide bonds. The summed E-state index contributed by atoms with van der Waals surface area (Å²) in [4.78, 5) is 31.0. The van der Waals surface area contributed by atoms with E-state index in [-0.39, 0.29) is 5.91 Å². The Morgan fingerprint density at radius 2 is 0.854 bits per heavy atom. The topological polar surface area (TPSA) is 158 Å². The van der Waals surface area contributed by atoms with Gasteiger partial charge in [0, 0.05) is 11.8 Å². The maximum Gasteiger partial charge on any atom is 0.335 e. The van der Waals surface area contributed by atoms with Gasteiger partial charge in [-0.15, -0.1) is 0 Å². The summed E-state index contributed by atoms with van der Waals surface area (Å²) in [6.45, 7) is 9.46. The van der Waals surface area contributed by atoms with Gasteiger partial charge in [0.25, 0.3) is 0 Å². The van der Waals surface area contributed by atoms with Crippen LogP contribution >= 0.6 is 0 Å². The molecule has 6 N–H and O–H groups in total. The smallest absolute Gasteiger partial charge is 0.335 e. The summed E-state index contributed by atoms with van der Waals surface area (Å²) in [5, 5.41) is 35.2. The van der Waals surface area contributed by atoms with Crippen LogP contribution in [0.5, 0.6) is 0 Å². The van der Waals surface area contributed by atoms with Crippen LogP contribution in [-0.4, -0.2) is 44.1 Å². The van der Waals surface area contributed by atoms with Crippen LogP contribution in [0.15, 0.2) is 60.7 Å². The number of amides is 1. The van der Waals surface area contributed by atoms with Gasteiger partial charge in [-0.25, -0.2) is 9.59 Å². The Hall–Kier alpha value is -3.23. The number of aromatic carboxylic acids is 2. The molecule has 2 rings (SSSR count). The number of benzene rings is 2. The lowest BCUT2D eigenvalue weighted by Gasteiger charge is -2.35. The highest BCUT2D eigenvalue weighted by atomic mass is 16.5. The molecule has 0 aliphatic rings. The number of carboxylic acid groups (broad SMARTS) is 2. The van der Waals surface area contributed by atoms with Crippen LogP contribution < -0.4 is 5.73 Å². The fourth-order valence-electron chi connectivity index (χ4n) is 4.69. The minimum Gasteiger partial charge on any atom is -0.478 e. The molecular formula is C40H67NO7. The average Bonchev–Trinajstić information content (AvgIpc) is 3.04. The van der Waals surface area contributed by atoms with E-state index in [9.17, 15) is 24.6 Å². The van der Waals surface area contributed by atoms with Gasteiger partial charge >= 0.3 is 11.9 Å². The maximum absolute atomic E-state index is 10.6. The fraction of sp³-hybridized carbons (Fsp3) is 0.625. The molecule has 0 bridgehead atoms. The number of carboxylic acids is 2. The molecule has 0 radical (unpaired) electrons. The lowest BCUT2D eigenvalue weighted by Crippen LogP contribution is -2.41. The number of unbranched alkanes of at least 4 members (excludes halogenated alkanes) is 14. The molecule has 8 nitrogen and oxygen atoms in total. The maximum atomic E-state index is 10.6. The predicted molar refractivity (Wildman–Crippen MR) is 197 cm³/mol. The zero-order valence-electron chi connectivity index (χ0n) is 30.6. The highest BCUT2D eigenvalue weighted by Gasteiger charge is 2.36. The van der Waals surface area contributed by atoms with Crippen LogP contribution in [-0.2, 0) is 4.79 Å². The summed E-state index contributed by atoms with van der Waals surface area (Å²) < 4.78 is 0. The van der Waals surface area contributed by atoms with Crippen LogP contribution in [0.25, 0.3) is 0 Å². The fourth-order valence-corrected chi connectivity index (χ4v) is 4.69. The molecule has 0 saturated carbocycles. The second-order valence-corrected chi connectivity index (χ2v) is 13.2. The van der Waals surface area contributed by atoms with Crippen molar-refractivity contribution < 1.29 is 34.8 Å². The Morgan fingerprint density at radius 1 is 0.542 bits per heavy atom. The predicted octanol–water partition coefficient (Wildman–Crippen LogP) is 10.0. The number of carbonyl (C=O) groups is 3. The molecule has 0 fully saturated rings. The lowest BCUT2D eigenvalue weighted by molar-refractivity contribution is -0.220. The molecule has 0 heterocycles. The average molecular weight is 674 g/mol. The third kappa shape index (κ3) is 29.0. The second-order valence-electron chi connectivity index (χ2n) is 13.2. The molecule has 0 aliphatic carbocycles. The van der Waals surface area contributed by atoms with Crippen molar-refractivity contribution in [2.24, 2.45) is 11.1 Å². The van der Waals surface area contributed by atoms with E-state index in [4.69, 9.17) is 15.9 Å². The van der Waals surface area contributed by atoms with Crippen molar-refractivity contribution in [1.29, 1.82) is 0 Å². The van der Waals surface area contributed by atoms with Crippen molar-refractivity contribution >= 4 is 17.8 Å². The van der Waals surface area contributed by atoms with Crippen molar-refractivity contribution in [3.8, 4) is 0 Å². The Morgan fingerprint density at radius 3 is 1.06 bits per heavy atom. The van der Waals surface area contributed by atoms with E-state index in [1.165, 1.54) is 96.8 Å². The van der Waals surface area contributed by atoms with Gasteiger partial charge in [0.1, 0.15) is 0 Å². The van der Waals surface area contributed by atoms with E-state index in [0.717, 1.165) is 19.3 Å². The van der Waals surface area contributed by atoms with Crippen LogP contribution in [0, 0.1) is 5.41 Å². The van der Waals surface area contributed by atoms with Gasteiger partial charge in [0.15, 0.2) is 5.79 Å².